The van der Waals surface area contributed by atoms with E-state index in [1.165, 1.54) is 31.4 Å². The van der Waals surface area contributed by atoms with E-state index in [2.05, 4.69) is 10.2 Å². The Morgan fingerprint density at radius 1 is 1.09 bits per heavy atom. The van der Waals surface area contributed by atoms with Crippen LogP contribution in [0.25, 0.3) is 5.70 Å². The van der Waals surface area contributed by atoms with Gasteiger partial charge in [0, 0.05) is 18.3 Å². The molecule has 35 heavy (non-hydrogen) atoms. The molecule has 0 spiro atoms. The second-order valence-electron chi connectivity index (χ2n) is 11.9. The average Bonchev–Trinajstić information content (AvgIpc) is 3.01. The lowest BCUT2D eigenvalue weighted by atomic mass is 9.82. The van der Waals surface area contributed by atoms with Gasteiger partial charge in [0.1, 0.15) is 0 Å². The highest BCUT2D eigenvalue weighted by Gasteiger charge is 2.48. The van der Waals surface area contributed by atoms with Crippen molar-refractivity contribution in [2.75, 3.05) is 19.8 Å². The lowest BCUT2D eigenvalue weighted by Crippen LogP contribution is -2.55. The quantitative estimate of drug-likeness (QED) is 0.536. The SMILES string of the molecule is CC1N(CC2CCCCC2)C(c2cc(C(C)(C)C)cc(C(F)(F)F)c2)=CC1(C)C(=O)NC1COC1. The smallest absolute Gasteiger partial charge is 0.377 e. The number of benzene rings is 1. The summed E-state index contributed by atoms with van der Waals surface area (Å²) >= 11 is 0. The van der Waals surface area contributed by atoms with Crippen LogP contribution in [0.4, 0.5) is 13.2 Å². The van der Waals surface area contributed by atoms with Gasteiger partial charge < -0.3 is 15.0 Å². The number of carbonyl (C=O) groups is 1. The van der Waals surface area contributed by atoms with Gasteiger partial charge in [0.15, 0.2) is 0 Å². The van der Waals surface area contributed by atoms with Gasteiger partial charge in [-0.05, 0) is 73.4 Å². The summed E-state index contributed by atoms with van der Waals surface area (Å²) in [5.74, 6) is 0.387. The predicted octanol–water partition coefficient (Wildman–Crippen LogP) is 6.15. The van der Waals surface area contributed by atoms with Crippen LogP contribution in [0.2, 0.25) is 0 Å². The van der Waals surface area contributed by atoms with E-state index < -0.39 is 22.6 Å². The van der Waals surface area contributed by atoms with E-state index >= 15 is 0 Å². The van der Waals surface area contributed by atoms with E-state index in [0.29, 0.717) is 30.3 Å². The molecule has 0 radical (unpaired) electrons. The Hall–Kier alpha value is -2.02. The summed E-state index contributed by atoms with van der Waals surface area (Å²) < 4.78 is 47.0. The van der Waals surface area contributed by atoms with Crippen LogP contribution >= 0.6 is 0 Å². The Bertz CT molecular complexity index is 939. The minimum absolute atomic E-state index is 0.00294. The number of nitrogens with zero attached hydrogens (tertiary/aromatic N) is 1. The van der Waals surface area contributed by atoms with Crippen molar-refractivity contribution in [1.82, 2.24) is 10.2 Å². The molecule has 1 saturated heterocycles. The summed E-state index contributed by atoms with van der Waals surface area (Å²) in [5, 5.41) is 3.08. The topological polar surface area (TPSA) is 41.6 Å². The Kier molecular flexibility index (Phi) is 7.04. The summed E-state index contributed by atoms with van der Waals surface area (Å²) in [6, 6.07) is 4.22. The fourth-order valence-electron chi connectivity index (χ4n) is 5.46. The summed E-state index contributed by atoms with van der Waals surface area (Å²) in [5.41, 5.74) is -0.0256. The first-order chi connectivity index (χ1) is 16.3. The second-order valence-corrected chi connectivity index (χ2v) is 11.9. The number of nitrogens with one attached hydrogen (secondary N) is 1. The lowest BCUT2D eigenvalue weighted by Gasteiger charge is -2.39. The van der Waals surface area contributed by atoms with Crippen LogP contribution in [0.3, 0.4) is 0 Å². The Morgan fingerprint density at radius 2 is 1.71 bits per heavy atom. The molecule has 4 nitrogen and oxygen atoms in total. The van der Waals surface area contributed by atoms with Crippen LogP contribution in [-0.4, -0.2) is 42.6 Å². The summed E-state index contributed by atoms with van der Waals surface area (Å²) in [4.78, 5) is 15.6. The van der Waals surface area contributed by atoms with Crippen LogP contribution < -0.4 is 5.32 Å². The van der Waals surface area contributed by atoms with Crippen molar-refractivity contribution in [3.05, 3.63) is 41.0 Å². The Morgan fingerprint density at radius 3 is 2.26 bits per heavy atom. The summed E-state index contributed by atoms with van der Waals surface area (Å²) in [6.45, 7) is 11.5. The molecule has 0 bridgehead atoms. The van der Waals surface area contributed by atoms with Gasteiger partial charge in [-0.25, -0.2) is 0 Å². The third-order valence-electron chi connectivity index (χ3n) is 8.15. The van der Waals surface area contributed by atoms with E-state index in [1.807, 2.05) is 46.8 Å². The molecule has 1 aromatic rings. The first kappa shape index (κ1) is 26.1. The van der Waals surface area contributed by atoms with Crippen LogP contribution in [-0.2, 0) is 21.1 Å². The molecule has 2 atom stereocenters. The van der Waals surface area contributed by atoms with Crippen molar-refractivity contribution in [3.8, 4) is 0 Å². The van der Waals surface area contributed by atoms with Crippen molar-refractivity contribution < 1.29 is 22.7 Å². The third kappa shape index (κ3) is 5.40. The van der Waals surface area contributed by atoms with Gasteiger partial charge in [-0.3, -0.25) is 4.79 Å². The molecule has 2 fully saturated rings. The molecule has 194 valence electrons. The van der Waals surface area contributed by atoms with E-state index in [0.717, 1.165) is 25.1 Å². The highest BCUT2D eigenvalue weighted by atomic mass is 19.4. The van der Waals surface area contributed by atoms with Crippen molar-refractivity contribution >= 4 is 11.6 Å². The monoisotopic (exact) mass is 492 g/mol. The number of hydrogen-bond acceptors (Lipinski definition) is 3. The fraction of sp³-hybridized carbons (Fsp3) is 0.679. The van der Waals surface area contributed by atoms with Crippen LogP contribution in [0.1, 0.15) is 83.4 Å². The number of amides is 1. The van der Waals surface area contributed by atoms with E-state index in [-0.39, 0.29) is 18.0 Å². The van der Waals surface area contributed by atoms with Crippen molar-refractivity contribution in [3.63, 3.8) is 0 Å². The number of hydrogen-bond donors (Lipinski definition) is 1. The zero-order chi connectivity index (χ0) is 25.6. The zero-order valence-electron chi connectivity index (χ0n) is 21.6. The number of halogens is 3. The number of rotatable bonds is 5. The minimum atomic E-state index is -4.44. The first-order valence-corrected chi connectivity index (χ1v) is 12.9. The van der Waals surface area contributed by atoms with E-state index in [9.17, 15) is 18.0 Å². The van der Waals surface area contributed by atoms with Crippen molar-refractivity contribution in [2.24, 2.45) is 11.3 Å². The van der Waals surface area contributed by atoms with Gasteiger partial charge in [-0.2, -0.15) is 13.2 Å². The fourth-order valence-corrected chi connectivity index (χ4v) is 5.46. The largest absolute Gasteiger partial charge is 0.416 e. The minimum Gasteiger partial charge on any atom is -0.377 e. The first-order valence-electron chi connectivity index (χ1n) is 12.9. The molecule has 3 aliphatic rings. The standard InChI is InChI=1S/C28H39F3N2O2/c1-18-27(5,25(34)32-23-16-35-17-23)14-24(33(18)15-19-9-7-6-8-10-19)20-11-21(26(2,3)4)13-22(12-20)28(29,30)31/h11-14,18-19,23H,6-10,15-17H2,1-5H3,(H,32,34). The van der Waals surface area contributed by atoms with Gasteiger partial charge in [-0.15, -0.1) is 0 Å². The molecule has 2 heterocycles. The number of carbonyl (C=O) groups excluding carboxylic acids is 1. The molecule has 0 aromatic heterocycles. The number of alkyl halides is 3. The lowest BCUT2D eigenvalue weighted by molar-refractivity contribution is -0.137. The number of ether oxygens (including phenoxy) is 1. The zero-order valence-corrected chi connectivity index (χ0v) is 21.6. The maximum Gasteiger partial charge on any atom is 0.416 e. The third-order valence-corrected chi connectivity index (χ3v) is 8.15. The van der Waals surface area contributed by atoms with E-state index in [1.54, 1.807) is 0 Å². The molecule has 2 unspecified atom stereocenters. The predicted molar refractivity (Wildman–Crippen MR) is 132 cm³/mol. The normalized spacial score (nSPS) is 26.5. The molecular formula is C28H39F3N2O2. The molecule has 1 N–H and O–H groups in total. The van der Waals surface area contributed by atoms with Gasteiger partial charge in [0.05, 0.1) is 30.2 Å². The molecule has 1 aromatic carbocycles. The van der Waals surface area contributed by atoms with Crippen LogP contribution in [0.5, 0.6) is 0 Å². The average molecular weight is 493 g/mol. The second kappa shape index (κ2) is 9.45. The maximum absolute atomic E-state index is 13.9. The molecule has 1 amide bonds. The molecule has 1 saturated carbocycles. The van der Waals surface area contributed by atoms with Gasteiger partial charge in [-0.1, -0.05) is 40.0 Å². The highest BCUT2D eigenvalue weighted by molar-refractivity contribution is 5.90. The Labute approximate surface area is 207 Å². The maximum atomic E-state index is 13.9. The summed E-state index contributed by atoms with van der Waals surface area (Å²) in [7, 11) is 0. The molecule has 2 aliphatic heterocycles. The van der Waals surface area contributed by atoms with Crippen molar-refractivity contribution in [1.29, 1.82) is 0 Å². The van der Waals surface area contributed by atoms with Gasteiger partial charge in [0.25, 0.3) is 0 Å². The molecule has 1 aliphatic carbocycles. The van der Waals surface area contributed by atoms with Crippen LogP contribution in [0.15, 0.2) is 24.3 Å². The molecule has 7 heteroatoms. The van der Waals surface area contributed by atoms with Gasteiger partial charge >= 0.3 is 6.18 Å². The van der Waals surface area contributed by atoms with E-state index in [4.69, 9.17) is 4.74 Å². The van der Waals surface area contributed by atoms with Crippen molar-refractivity contribution in [2.45, 2.75) is 90.4 Å². The van der Waals surface area contributed by atoms with Gasteiger partial charge in [0.2, 0.25) is 5.91 Å². The highest BCUT2D eigenvalue weighted by Crippen LogP contribution is 2.45. The van der Waals surface area contributed by atoms with Crippen LogP contribution in [0, 0.1) is 11.3 Å². The molecular weight excluding hydrogens is 453 g/mol. The summed E-state index contributed by atoms with van der Waals surface area (Å²) in [6.07, 6.45) is 3.31. The Balaban J connectivity index is 1.77. The molecule has 4 rings (SSSR count).